The van der Waals surface area contributed by atoms with E-state index in [1.54, 1.807) is 0 Å². The van der Waals surface area contributed by atoms with Crippen LogP contribution in [0.2, 0.25) is 0 Å². The van der Waals surface area contributed by atoms with Crippen molar-refractivity contribution in [2.75, 3.05) is 72.1 Å². The smallest absolute Gasteiger partial charge is 0.222 e. The second-order valence-corrected chi connectivity index (χ2v) is 14.9. The Morgan fingerprint density at radius 1 is 1.02 bits per heavy atom. The molecule has 3 unspecified atom stereocenters. The molecule has 0 bridgehead atoms. The molecular weight excluding hydrogens is 593 g/mol. The Bertz CT molecular complexity index is 905. The number of nitrogens with one attached hydrogen (secondary N) is 2. The topological polar surface area (TPSA) is 141 Å². The lowest BCUT2D eigenvalue weighted by molar-refractivity contribution is -0.134. The van der Waals surface area contributed by atoms with E-state index in [1.807, 2.05) is 9.80 Å². The van der Waals surface area contributed by atoms with Gasteiger partial charge in [-0.15, -0.1) is 11.6 Å². The number of alkyl halides is 2. The minimum atomic E-state index is -1.40. The number of ether oxygens (including phenoxy) is 1. The van der Waals surface area contributed by atoms with Gasteiger partial charge in [0, 0.05) is 83.8 Å². The molecule has 0 aromatic carbocycles. The molecule has 6 atom stereocenters. The van der Waals surface area contributed by atoms with E-state index < -0.39 is 31.1 Å². The Balaban J connectivity index is 0.920. The van der Waals surface area contributed by atoms with Crippen molar-refractivity contribution in [2.45, 2.75) is 100 Å². The van der Waals surface area contributed by atoms with Gasteiger partial charge in [-0.25, -0.2) is 4.39 Å². The standard InChI is InChI=1S/C31H55ClFN5O6/c32-23-14-34-30(35-15-23)37-8-5-21(6-9-37)2-1-11-44-24-4-3-22(25(33)13-24)12-28(42)38-10-7-31(20-38)18-36(19-31)16-26(40)29(43)27(41)17-39/h21-27,29-30,34-35,39-41,43H,1-20H2/t22?,23?,24?,25?,26-,27+,29-,30?/m0/s1. The van der Waals surface area contributed by atoms with Crippen molar-refractivity contribution in [3.8, 4) is 0 Å². The maximum absolute atomic E-state index is 15.1. The summed E-state index contributed by atoms with van der Waals surface area (Å²) in [5, 5.41) is 45.7. The average Bonchev–Trinajstić information content (AvgIpc) is 3.46. The molecular formula is C31H55ClFN5O6. The van der Waals surface area contributed by atoms with E-state index in [0.717, 1.165) is 51.9 Å². The molecule has 4 aliphatic heterocycles. The van der Waals surface area contributed by atoms with Gasteiger partial charge >= 0.3 is 0 Å². The highest BCUT2D eigenvalue weighted by molar-refractivity contribution is 6.21. The summed E-state index contributed by atoms with van der Waals surface area (Å²) in [6.07, 6.45) is 2.74. The maximum atomic E-state index is 15.1. The summed E-state index contributed by atoms with van der Waals surface area (Å²) in [4.78, 5) is 19.4. The van der Waals surface area contributed by atoms with Gasteiger partial charge in [-0.2, -0.15) is 0 Å². The van der Waals surface area contributed by atoms with E-state index in [4.69, 9.17) is 21.4 Å². The number of nitrogens with zero attached hydrogens (tertiary/aromatic N) is 3. The van der Waals surface area contributed by atoms with Crippen molar-refractivity contribution < 1.29 is 34.3 Å². The molecule has 13 heteroatoms. The van der Waals surface area contributed by atoms with E-state index in [0.29, 0.717) is 51.5 Å². The number of hydrogen-bond acceptors (Lipinski definition) is 10. The fourth-order valence-corrected chi connectivity index (χ4v) is 8.23. The predicted octanol–water partition coefficient (Wildman–Crippen LogP) is 0.0852. The first-order valence-electron chi connectivity index (χ1n) is 16.9. The minimum absolute atomic E-state index is 0.0220. The van der Waals surface area contributed by atoms with Crippen LogP contribution in [0.15, 0.2) is 0 Å². The number of β-amino-alcohol motifs (C(OH)–C–C–N with tert-alkyl or cyclic N) is 1. The third-order valence-corrected chi connectivity index (χ3v) is 11.1. The van der Waals surface area contributed by atoms with Crippen molar-refractivity contribution in [3.63, 3.8) is 0 Å². The molecule has 11 nitrogen and oxygen atoms in total. The van der Waals surface area contributed by atoms with Crippen LogP contribution >= 0.6 is 11.6 Å². The normalized spacial score (nSPS) is 34.1. The van der Waals surface area contributed by atoms with Gasteiger partial charge < -0.3 is 30.1 Å². The van der Waals surface area contributed by atoms with Crippen molar-refractivity contribution in [2.24, 2.45) is 17.3 Å². The zero-order chi connectivity index (χ0) is 31.3. The number of carbonyl (C=O) groups is 1. The third-order valence-electron chi connectivity index (χ3n) is 10.8. The van der Waals surface area contributed by atoms with Crippen LogP contribution in [0.5, 0.6) is 0 Å². The zero-order valence-electron chi connectivity index (χ0n) is 26.0. The number of likely N-dealkylation sites (tertiary alicyclic amines) is 3. The van der Waals surface area contributed by atoms with Crippen LogP contribution in [0.25, 0.3) is 0 Å². The predicted molar refractivity (Wildman–Crippen MR) is 165 cm³/mol. The molecule has 1 saturated carbocycles. The van der Waals surface area contributed by atoms with Crippen LogP contribution < -0.4 is 10.6 Å². The number of hydrogen-bond donors (Lipinski definition) is 6. The third kappa shape index (κ3) is 9.02. The zero-order valence-corrected chi connectivity index (χ0v) is 26.8. The van der Waals surface area contributed by atoms with E-state index in [2.05, 4.69) is 15.5 Å². The van der Waals surface area contributed by atoms with Gasteiger partial charge in [-0.3, -0.25) is 25.2 Å². The summed E-state index contributed by atoms with van der Waals surface area (Å²) >= 11 is 6.16. The molecule has 5 rings (SSSR count). The van der Waals surface area contributed by atoms with Crippen molar-refractivity contribution in [1.82, 2.24) is 25.3 Å². The molecule has 1 amide bonds. The number of halogens is 2. The Labute approximate surface area is 266 Å². The van der Waals surface area contributed by atoms with Gasteiger partial charge in [-0.1, -0.05) is 0 Å². The van der Waals surface area contributed by atoms with Gasteiger partial charge in [0.25, 0.3) is 0 Å². The van der Waals surface area contributed by atoms with Crippen LogP contribution in [0.3, 0.4) is 0 Å². The second-order valence-electron chi connectivity index (χ2n) is 14.3. The highest BCUT2D eigenvalue weighted by Crippen LogP contribution is 2.41. The molecule has 0 aromatic heterocycles. The number of amides is 1. The lowest BCUT2D eigenvalue weighted by atomic mass is 9.78. The molecule has 5 aliphatic rings. The summed E-state index contributed by atoms with van der Waals surface area (Å²) < 4.78 is 21.3. The summed E-state index contributed by atoms with van der Waals surface area (Å²) in [7, 11) is 0. The maximum Gasteiger partial charge on any atom is 0.222 e. The van der Waals surface area contributed by atoms with Crippen molar-refractivity contribution >= 4 is 17.5 Å². The van der Waals surface area contributed by atoms with Crippen LogP contribution in [0.1, 0.15) is 57.8 Å². The lowest BCUT2D eigenvalue weighted by Gasteiger charge is -2.49. The highest BCUT2D eigenvalue weighted by Gasteiger charge is 2.49. The first-order chi connectivity index (χ1) is 21.1. The number of piperidine rings is 1. The Kier molecular flexibility index (Phi) is 12.6. The van der Waals surface area contributed by atoms with Crippen molar-refractivity contribution in [3.05, 3.63) is 0 Å². The number of aliphatic hydroxyl groups excluding tert-OH is 4. The molecule has 0 aromatic rings. The Morgan fingerprint density at radius 3 is 2.43 bits per heavy atom. The number of aliphatic hydroxyl groups is 4. The summed E-state index contributed by atoms with van der Waals surface area (Å²) in [5.41, 5.74) is -0.0220. The van der Waals surface area contributed by atoms with Gasteiger partial charge in [0.1, 0.15) is 24.7 Å². The molecule has 6 N–H and O–H groups in total. The van der Waals surface area contributed by atoms with Gasteiger partial charge in [0.2, 0.25) is 5.91 Å². The molecule has 44 heavy (non-hydrogen) atoms. The van der Waals surface area contributed by atoms with E-state index in [9.17, 15) is 20.1 Å². The van der Waals surface area contributed by atoms with Crippen LogP contribution in [-0.4, -0.2) is 155 Å². The molecule has 254 valence electrons. The fourth-order valence-electron chi connectivity index (χ4n) is 8.05. The molecule has 0 radical (unpaired) electrons. The summed E-state index contributed by atoms with van der Waals surface area (Å²) in [6.45, 7) is 6.83. The van der Waals surface area contributed by atoms with Crippen LogP contribution in [-0.2, 0) is 9.53 Å². The summed E-state index contributed by atoms with van der Waals surface area (Å²) in [6, 6.07) is 0. The average molecular weight is 648 g/mol. The Morgan fingerprint density at radius 2 is 1.75 bits per heavy atom. The Hall–Kier alpha value is -0.670. The molecule has 1 spiro atoms. The van der Waals surface area contributed by atoms with Gasteiger partial charge in [0.15, 0.2) is 0 Å². The fraction of sp³-hybridized carbons (Fsp3) is 0.968. The highest BCUT2D eigenvalue weighted by atomic mass is 35.5. The molecule has 5 fully saturated rings. The molecule has 4 saturated heterocycles. The first kappa shape index (κ1) is 34.7. The van der Waals surface area contributed by atoms with Gasteiger partial charge in [-0.05, 0) is 56.8 Å². The van der Waals surface area contributed by atoms with Crippen LogP contribution in [0, 0.1) is 17.3 Å². The SMILES string of the molecule is O=C(CC1CCC(OCCCC2CCN(C3NCC(Cl)CN3)CC2)CC1F)N1CCC2(CN(C[C@H](O)[C@H](O)[C@H](O)CO)C2)C1. The number of rotatable bonds is 13. The molecule has 4 heterocycles. The second kappa shape index (κ2) is 16.0. The van der Waals surface area contributed by atoms with E-state index >= 15 is 4.39 Å². The van der Waals surface area contributed by atoms with E-state index in [-0.39, 0.29) is 48.0 Å². The largest absolute Gasteiger partial charge is 0.394 e. The monoisotopic (exact) mass is 647 g/mol. The summed E-state index contributed by atoms with van der Waals surface area (Å²) in [5.74, 6) is 0.492. The van der Waals surface area contributed by atoms with Crippen LogP contribution in [0.4, 0.5) is 4.39 Å². The van der Waals surface area contributed by atoms with Gasteiger partial charge in [0.05, 0.1) is 24.2 Å². The van der Waals surface area contributed by atoms with E-state index in [1.165, 1.54) is 12.8 Å². The first-order valence-corrected chi connectivity index (χ1v) is 17.3. The minimum Gasteiger partial charge on any atom is -0.394 e. The number of carbonyl (C=O) groups excluding carboxylic acids is 1. The van der Waals surface area contributed by atoms with Crippen molar-refractivity contribution in [1.29, 1.82) is 0 Å². The quantitative estimate of drug-likeness (QED) is 0.120. The lowest BCUT2D eigenvalue weighted by Crippen LogP contribution is -2.62. The molecule has 1 aliphatic carbocycles.